The molecule has 2 N–H and O–H groups in total. The molecule has 0 aromatic heterocycles. The van der Waals surface area contributed by atoms with Gasteiger partial charge in [0, 0.05) is 85.3 Å². The van der Waals surface area contributed by atoms with Crippen molar-refractivity contribution in [2.24, 2.45) is 0 Å². The molecule has 0 radical (unpaired) electrons. The van der Waals surface area contributed by atoms with Gasteiger partial charge in [-0.3, -0.25) is 0 Å². The van der Waals surface area contributed by atoms with Crippen LogP contribution in [0.1, 0.15) is 14.9 Å². The third-order valence-corrected chi connectivity index (χ3v) is 16.9. The molecule has 0 unspecified atom stereocenters. The van der Waals surface area contributed by atoms with Gasteiger partial charge in [-0.15, -0.1) is 11.6 Å². The molecule has 0 spiro atoms. The quantitative estimate of drug-likeness (QED) is 0.0841. The van der Waals surface area contributed by atoms with Gasteiger partial charge in [0.15, 0.2) is 0 Å². The van der Waals surface area contributed by atoms with Gasteiger partial charge in [-0.25, -0.2) is 17.6 Å². The van der Waals surface area contributed by atoms with E-state index in [1.165, 1.54) is 12.4 Å². The predicted octanol–water partition coefficient (Wildman–Crippen LogP) is 25.5. The second-order valence-corrected chi connectivity index (χ2v) is 22.6. The fraction of sp³-hybridized carbons (Fsp3) is 0.0562. The number of methoxy groups -OCH3 is 2. The van der Waals surface area contributed by atoms with E-state index in [0.717, 1.165) is 90.0 Å². The zero-order chi connectivity index (χ0) is 66.7. The third-order valence-electron chi connectivity index (χ3n) is 16.9. The second kappa shape index (κ2) is 31.7. The minimum Gasteiger partial charge on any atom is -0.507 e. The molecular formula is C89H71ClF4O4. The minimum atomic E-state index is -0.821. The highest BCUT2D eigenvalue weighted by Crippen LogP contribution is 2.48. The number of phenolic OH excluding ortho intramolecular Hbond substituents is 2. The van der Waals surface area contributed by atoms with Crippen molar-refractivity contribution in [2.75, 3.05) is 20.6 Å². The Morgan fingerprint density at radius 3 is 0.694 bits per heavy atom. The molecule has 14 rings (SSSR count). The first kappa shape index (κ1) is 69.1. The van der Waals surface area contributed by atoms with Gasteiger partial charge >= 0.3 is 0 Å². The van der Waals surface area contributed by atoms with E-state index in [-0.39, 0.29) is 59.7 Å². The number of halogens is 5. The molecule has 0 aliphatic rings. The number of para-hydroxylation sites is 4. The largest absolute Gasteiger partial charge is 0.507 e. The number of aromatic hydroxyl groups is 2. The van der Waals surface area contributed by atoms with Gasteiger partial charge in [0.25, 0.3) is 0 Å². The smallest absolute Gasteiger partial charge is 0.134 e. The van der Waals surface area contributed by atoms with Crippen LogP contribution in [0.5, 0.6) is 23.0 Å². The van der Waals surface area contributed by atoms with Gasteiger partial charge in [-0.1, -0.05) is 282 Å². The average Bonchev–Trinajstić information content (AvgIpc) is 0.779. The Kier molecular flexibility index (Phi) is 22.4. The molecule has 98 heavy (non-hydrogen) atoms. The zero-order valence-electron chi connectivity index (χ0n) is 52.6. The number of hydrogen-bond acceptors (Lipinski definition) is 4. The fourth-order valence-electron chi connectivity index (χ4n) is 12.3. The predicted molar refractivity (Wildman–Crippen MR) is 400 cm³/mol. The van der Waals surface area contributed by atoms with E-state index in [1.807, 2.05) is 194 Å². The van der Waals surface area contributed by atoms with E-state index < -0.39 is 23.3 Å². The summed E-state index contributed by atoms with van der Waals surface area (Å²) in [7, 11) is 3.14. The molecule has 14 aromatic carbocycles. The van der Waals surface area contributed by atoms with Crippen LogP contribution in [-0.2, 0) is 0 Å². The van der Waals surface area contributed by atoms with Crippen LogP contribution in [0.2, 0.25) is 0 Å². The molecule has 0 atom stereocenters. The van der Waals surface area contributed by atoms with Crippen molar-refractivity contribution in [2.45, 2.75) is 14.9 Å². The van der Waals surface area contributed by atoms with Crippen molar-refractivity contribution < 1.29 is 37.2 Å². The van der Waals surface area contributed by atoms with Crippen LogP contribution in [0.15, 0.2) is 315 Å². The minimum absolute atomic E-state index is 0. The molecule has 0 saturated carbocycles. The topological polar surface area (TPSA) is 58.9 Å². The average molecular weight is 1320 g/mol. The van der Waals surface area contributed by atoms with Crippen LogP contribution in [0.25, 0.3) is 134 Å². The fourth-order valence-corrected chi connectivity index (χ4v) is 12.3. The first-order valence-corrected chi connectivity index (χ1v) is 31.8. The van der Waals surface area contributed by atoms with E-state index >= 15 is 17.6 Å². The summed E-state index contributed by atoms with van der Waals surface area (Å²) in [6.45, 7) is 0. The highest BCUT2D eigenvalue weighted by atomic mass is 35.5. The first-order valence-electron chi connectivity index (χ1n) is 31.0. The van der Waals surface area contributed by atoms with Crippen LogP contribution < -0.4 is 9.47 Å². The molecule has 14 aromatic rings. The van der Waals surface area contributed by atoms with Crippen LogP contribution in [0.4, 0.5) is 17.6 Å². The maximum atomic E-state index is 15.8. The maximum absolute atomic E-state index is 15.8. The van der Waals surface area contributed by atoms with Crippen LogP contribution >= 0.6 is 11.6 Å². The molecule has 0 bridgehead atoms. The monoisotopic (exact) mass is 1310 g/mol. The van der Waals surface area contributed by atoms with Gasteiger partial charge in [-0.05, 0) is 103 Å². The molecule has 0 heterocycles. The Labute approximate surface area is 576 Å². The van der Waals surface area contributed by atoms with Gasteiger partial charge in [0.2, 0.25) is 0 Å². The van der Waals surface area contributed by atoms with Crippen LogP contribution in [-0.4, -0.2) is 30.8 Å². The molecular weight excluding hydrogens is 1240 g/mol. The first-order chi connectivity index (χ1) is 47.0. The number of benzene rings is 14. The van der Waals surface area contributed by atoms with E-state index in [1.54, 1.807) is 68.8 Å². The second-order valence-electron chi connectivity index (χ2n) is 22.6. The lowest BCUT2D eigenvalue weighted by atomic mass is 9.91. The van der Waals surface area contributed by atoms with E-state index in [4.69, 9.17) is 9.47 Å². The Balaban J connectivity index is 0.000000203. The molecule has 4 nitrogen and oxygen atoms in total. The lowest BCUT2D eigenvalue weighted by molar-refractivity contribution is 0.417. The molecule has 0 saturated heterocycles. The van der Waals surface area contributed by atoms with Gasteiger partial charge in [-0.2, -0.15) is 0 Å². The molecule has 0 fully saturated rings. The summed E-state index contributed by atoms with van der Waals surface area (Å²) in [6, 6.07) is 97.9. The SMILES string of the molecule is C.C.CCl.COc1c(-c2cccc(-c3ccccc3)c2)cccc1-c1cc(-c2cccc(-c3cccc(-c4ccccc4)c3)c2OC)c(F)cc1F.Oc1c(-c2cccc(-c3ccccc3)c2)cccc1-c1cc(-c2cccc(-c3cccc(-c4ccccc4)c3)c2O)c(F)cc1F. The summed E-state index contributed by atoms with van der Waals surface area (Å²) in [5, 5.41) is 22.9. The summed E-state index contributed by atoms with van der Waals surface area (Å²) in [5.41, 5.74) is 16.2. The normalized spacial score (nSPS) is 10.6. The number of rotatable bonds is 14. The Morgan fingerprint density at radius 2 is 0.418 bits per heavy atom. The Morgan fingerprint density at radius 1 is 0.214 bits per heavy atom. The van der Waals surface area contributed by atoms with Crippen molar-refractivity contribution in [3.8, 4) is 157 Å². The van der Waals surface area contributed by atoms with Gasteiger partial charge in [0.1, 0.15) is 46.3 Å². The summed E-state index contributed by atoms with van der Waals surface area (Å²) in [4.78, 5) is 0. The summed E-state index contributed by atoms with van der Waals surface area (Å²) in [5.74, 6) is -2.27. The van der Waals surface area contributed by atoms with Gasteiger partial charge < -0.3 is 19.7 Å². The highest BCUT2D eigenvalue weighted by Gasteiger charge is 2.24. The number of alkyl halides is 1. The number of hydrogen-bond donors (Lipinski definition) is 2. The van der Waals surface area contributed by atoms with Gasteiger partial charge in [0.05, 0.1) is 14.2 Å². The number of phenols is 2. The molecule has 486 valence electrons. The molecule has 0 aliphatic heterocycles. The van der Waals surface area contributed by atoms with Crippen LogP contribution in [0.3, 0.4) is 0 Å². The van der Waals surface area contributed by atoms with Crippen LogP contribution in [0, 0.1) is 23.3 Å². The molecule has 9 heteroatoms. The lowest BCUT2D eigenvalue weighted by Crippen LogP contribution is -1.98. The molecule has 0 aliphatic carbocycles. The van der Waals surface area contributed by atoms with Crippen molar-refractivity contribution in [3.05, 3.63) is 339 Å². The van der Waals surface area contributed by atoms with E-state index in [2.05, 4.69) is 60.1 Å². The van der Waals surface area contributed by atoms with E-state index in [0.29, 0.717) is 33.8 Å². The van der Waals surface area contributed by atoms with Crippen molar-refractivity contribution in [1.82, 2.24) is 0 Å². The van der Waals surface area contributed by atoms with Crippen molar-refractivity contribution in [1.29, 1.82) is 0 Å². The van der Waals surface area contributed by atoms with Crippen molar-refractivity contribution >= 4 is 11.6 Å². The highest BCUT2D eigenvalue weighted by molar-refractivity contribution is 6.15. The summed E-state index contributed by atoms with van der Waals surface area (Å²) in [6.07, 6.45) is 1.47. The Hall–Kier alpha value is -11.7. The third kappa shape index (κ3) is 14.6. The number of ether oxygens (including phenoxy) is 2. The van der Waals surface area contributed by atoms with Crippen molar-refractivity contribution in [3.63, 3.8) is 0 Å². The molecule has 0 amide bonds. The maximum Gasteiger partial charge on any atom is 0.134 e. The summed E-state index contributed by atoms with van der Waals surface area (Å²) >= 11 is 4.64. The summed E-state index contributed by atoms with van der Waals surface area (Å²) < 4.78 is 74.4. The lowest BCUT2D eigenvalue weighted by Gasteiger charge is -2.18. The zero-order valence-corrected chi connectivity index (χ0v) is 53.4. The Bertz CT molecular complexity index is 4750. The van der Waals surface area contributed by atoms with E-state index in [9.17, 15) is 10.2 Å². The standard InChI is InChI=1S/C44H32F2O2.C42H28F2O2.CH3Cl.2CH4/c1-47-43-35(33-19-9-17-31(25-33)29-13-5-3-6-14-29)21-11-23-37(43)39-27-40(42(46)28-41(39)45)38-24-12-22-36(44(38)48-2)34-20-10-18-32(26-34)30-15-7-4-8-16-30;43-39-26-40(44)38(36-22-10-20-34(42(36)46)32-18-8-16-30(24-32)28-13-5-2-6-14-28)25-37(39)35-21-9-19-33(41(35)45)31-17-7-15-29(23-31)27-11-3-1-4-12-27;1-2;;/h3-28H,1-2H3;1-26,45-46H;1H3;2*1H4.